The van der Waals surface area contributed by atoms with Gasteiger partial charge in [0.05, 0.1) is 13.2 Å². The van der Waals surface area contributed by atoms with Gasteiger partial charge in [-0.2, -0.15) is 0 Å². The van der Waals surface area contributed by atoms with Gasteiger partial charge >= 0.3 is 0 Å². The summed E-state index contributed by atoms with van der Waals surface area (Å²) in [5, 5.41) is 3.25. The van der Waals surface area contributed by atoms with Crippen LogP contribution in [0.25, 0.3) is 0 Å². The number of ether oxygens (including phenoxy) is 1. The third kappa shape index (κ3) is 5.23. The molecule has 2 aliphatic rings. The summed E-state index contributed by atoms with van der Waals surface area (Å²) in [6.45, 7) is 8.02. The number of nitrogens with zero attached hydrogens (tertiary/aromatic N) is 2. The van der Waals surface area contributed by atoms with Gasteiger partial charge in [0.2, 0.25) is 5.91 Å². The largest absolute Gasteiger partial charge is 0.378 e. The highest BCUT2D eigenvalue weighted by atomic mass is 35.5. The van der Waals surface area contributed by atoms with Crippen LogP contribution in [0.3, 0.4) is 0 Å². The Morgan fingerprint density at radius 2 is 1.92 bits per heavy atom. The molecule has 2 heterocycles. The van der Waals surface area contributed by atoms with Crippen LogP contribution in [-0.2, 0) is 16.1 Å². The fourth-order valence-corrected chi connectivity index (χ4v) is 3.30. The van der Waals surface area contributed by atoms with Crippen LogP contribution in [0.1, 0.15) is 12.5 Å². The van der Waals surface area contributed by atoms with Gasteiger partial charge in [0.25, 0.3) is 0 Å². The summed E-state index contributed by atoms with van der Waals surface area (Å²) in [5.74, 6) is 0.824. The molecule has 5 nitrogen and oxygen atoms in total. The van der Waals surface area contributed by atoms with Crippen molar-refractivity contribution < 1.29 is 9.53 Å². The predicted molar refractivity (Wildman–Crippen MR) is 106 cm³/mol. The lowest BCUT2D eigenvalue weighted by molar-refractivity contribution is -0.136. The van der Waals surface area contributed by atoms with E-state index in [9.17, 15) is 4.79 Å². The summed E-state index contributed by atoms with van der Waals surface area (Å²) < 4.78 is 5.44. The molecule has 1 aromatic rings. The van der Waals surface area contributed by atoms with Crippen molar-refractivity contribution in [2.75, 3.05) is 51.3 Å². The zero-order valence-electron chi connectivity index (χ0n) is 14.9. The summed E-state index contributed by atoms with van der Waals surface area (Å²) >= 11 is 0. The Kier molecular flexibility index (Phi) is 9.00. The molecule has 1 N–H and O–H groups in total. The molecular formula is C18H29Cl2N3O2. The van der Waals surface area contributed by atoms with Crippen LogP contribution in [0.15, 0.2) is 24.3 Å². The Morgan fingerprint density at radius 3 is 2.52 bits per heavy atom. The Morgan fingerprint density at radius 1 is 1.28 bits per heavy atom. The number of hydrogen-bond donors (Lipinski definition) is 1. The maximum atomic E-state index is 12.6. The van der Waals surface area contributed by atoms with Crippen LogP contribution >= 0.6 is 24.8 Å². The number of hydrogen-bond acceptors (Lipinski definition) is 4. The van der Waals surface area contributed by atoms with E-state index < -0.39 is 0 Å². The first-order chi connectivity index (χ1) is 11.2. The van der Waals surface area contributed by atoms with Gasteiger partial charge in [-0.15, -0.1) is 24.8 Å². The van der Waals surface area contributed by atoms with E-state index in [1.807, 2.05) is 11.9 Å². The highest BCUT2D eigenvalue weighted by molar-refractivity contribution is 5.85. The van der Waals surface area contributed by atoms with Gasteiger partial charge in [-0.3, -0.25) is 4.79 Å². The summed E-state index contributed by atoms with van der Waals surface area (Å²) in [6.07, 6.45) is 0. The molecule has 7 heteroatoms. The fraction of sp³-hybridized carbons (Fsp3) is 0.611. The number of benzene rings is 1. The molecule has 0 spiro atoms. The molecule has 142 valence electrons. The zero-order valence-corrected chi connectivity index (χ0v) is 16.6. The highest BCUT2D eigenvalue weighted by Crippen LogP contribution is 2.24. The smallest absolute Gasteiger partial charge is 0.225 e. The number of anilines is 1. The van der Waals surface area contributed by atoms with Gasteiger partial charge in [-0.25, -0.2) is 0 Å². The van der Waals surface area contributed by atoms with Gasteiger partial charge in [0, 0.05) is 38.3 Å². The third-order valence-electron chi connectivity index (χ3n) is 5.04. The van der Waals surface area contributed by atoms with Gasteiger partial charge in [0.15, 0.2) is 0 Å². The monoisotopic (exact) mass is 389 g/mol. The first kappa shape index (κ1) is 22.0. The van der Waals surface area contributed by atoms with E-state index >= 15 is 0 Å². The van der Waals surface area contributed by atoms with Crippen LogP contribution < -0.4 is 10.2 Å². The van der Waals surface area contributed by atoms with Crippen LogP contribution in [0.4, 0.5) is 5.69 Å². The van der Waals surface area contributed by atoms with Gasteiger partial charge in [-0.05, 0) is 30.6 Å². The van der Waals surface area contributed by atoms with Gasteiger partial charge in [0.1, 0.15) is 0 Å². The third-order valence-corrected chi connectivity index (χ3v) is 5.04. The molecule has 0 aromatic heterocycles. The number of carbonyl (C=O) groups excluding carboxylic acids is 1. The van der Waals surface area contributed by atoms with Crippen LogP contribution in [0.2, 0.25) is 0 Å². The molecule has 2 aliphatic heterocycles. The van der Waals surface area contributed by atoms with Crippen molar-refractivity contribution in [3.63, 3.8) is 0 Å². The Balaban J connectivity index is 0.00000156. The van der Waals surface area contributed by atoms with E-state index in [0.717, 1.165) is 39.4 Å². The fourth-order valence-electron chi connectivity index (χ4n) is 3.30. The molecule has 2 saturated heterocycles. The second-order valence-corrected chi connectivity index (χ2v) is 6.63. The Labute approximate surface area is 162 Å². The van der Waals surface area contributed by atoms with E-state index in [1.54, 1.807) is 0 Å². The first-order valence-electron chi connectivity index (χ1n) is 8.53. The van der Waals surface area contributed by atoms with Crippen LogP contribution in [-0.4, -0.2) is 57.2 Å². The van der Waals surface area contributed by atoms with E-state index in [-0.39, 0.29) is 36.6 Å². The second kappa shape index (κ2) is 10.2. The lowest BCUT2D eigenvalue weighted by Crippen LogP contribution is -2.49. The minimum absolute atomic E-state index is 0. The molecule has 2 fully saturated rings. The summed E-state index contributed by atoms with van der Waals surface area (Å²) in [6, 6.07) is 8.40. The first-order valence-corrected chi connectivity index (χ1v) is 8.53. The molecule has 0 aliphatic carbocycles. The van der Waals surface area contributed by atoms with E-state index in [1.165, 1.54) is 11.3 Å². The molecule has 3 rings (SSSR count). The standard InChI is InChI=1S/C18H27N3O2.2ClH/c1-14(16-11-19-12-16)18(22)20(2)13-15-5-3-4-6-17(15)21-7-9-23-10-8-21;;/h3-6,14,16,19H,7-13H2,1-2H3;2*1H. The topological polar surface area (TPSA) is 44.8 Å². The summed E-state index contributed by atoms with van der Waals surface area (Å²) in [5.41, 5.74) is 2.44. The normalized spacial score (nSPS) is 18.4. The quantitative estimate of drug-likeness (QED) is 0.837. The van der Waals surface area contributed by atoms with E-state index in [2.05, 4.69) is 41.4 Å². The predicted octanol–water partition coefficient (Wildman–Crippen LogP) is 2.18. The lowest BCUT2D eigenvalue weighted by atomic mass is 9.88. The van der Waals surface area contributed by atoms with Crippen LogP contribution in [0, 0.1) is 11.8 Å². The molecular weight excluding hydrogens is 361 g/mol. The Bertz CT molecular complexity index is 549. The number of carbonyl (C=O) groups is 1. The van der Waals surface area contributed by atoms with Gasteiger partial charge in [-0.1, -0.05) is 25.1 Å². The van der Waals surface area contributed by atoms with Crippen LogP contribution in [0.5, 0.6) is 0 Å². The minimum atomic E-state index is 0. The molecule has 0 radical (unpaired) electrons. The number of morpholine rings is 1. The number of rotatable bonds is 5. The average Bonchev–Trinajstić information content (AvgIpc) is 2.53. The SMILES string of the molecule is CC(C(=O)N(C)Cc1ccccc1N1CCOCC1)C1CNC1.Cl.Cl. The van der Waals surface area contributed by atoms with Crippen molar-refractivity contribution in [1.82, 2.24) is 10.2 Å². The lowest BCUT2D eigenvalue weighted by Gasteiger charge is -2.35. The number of para-hydroxylation sites is 1. The van der Waals surface area contributed by atoms with Crippen molar-refractivity contribution >= 4 is 36.4 Å². The average molecular weight is 390 g/mol. The second-order valence-electron chi connectivity index (χ2n) is 6.63. The molecule has 1 aromatic carbocycles. The zero-order chi connectivity index (χ0) is 16.2. The minimum Gasteiger partial charge on any atom is -0.378 e. The number of amides is 1. The number of nitrogens with one attached hydrogen (secondary N) is 1. The molecule has 1 amide bonds. The van der Waals surface area contributed by atoms with E-state index in [0.29, 0.717) is 12.5 Å². The van der Waals surface area contributed by atoms with Gasteiger partial charge < -0.3 is 19.9 Å². The van der Waals surface area contributed by atoms with Crippen molar-refractivity contribution in [3.8, 4) is 0 Å². The molecule has 1 atom stereocenters. The summed E-state index contributed by atoms with van der Waals surface area (Å²) in [4.78, 5) is 16.9. The van der Waals surface area contributed by atoms with E-state index in [4.69, 9.17) is 4.74 Å². The Hall–Kier alpha value is -1.01. The summed E-state index contributed by atoms with van der Waals surface area (Å²) in [7, 11) is 1.92. The molecule has 0 saturated carbocycles. The highest BCUT2D eigenvalue weighted by Gasteiger charge is 2.30. The maximum absolute atomic E-state index is 12.6. The molecule has 25 heavy (non-hydrogen) atoms. The van der Waals surface area contributed by atoms with Crippen molar-refractivity contribution in [2.24, 2.45) is 11.8 Å². The van der Waals surface area contributed by atoms with Crippen molar-refractivity contribution in [3.05, 3.63) is 29.8 Å². The molecule has 0 bridgehead atoms. The molecule has 1 unspecified atom stereocenters. The van der Waals surface area contributed by atoms with Crippen molar-refractivity contribution in [2.45, 2.75) is 13.5 Å². The number of halogens is 2. The van der Waals surface area contributed by atoms with Crippen molar-refractivity contribution in [1.29, 1.82) is 0 Å². The maximum Gasteiger partial charge on any atom is 0.225 e.